The monoisotopic (exact) mass is 416 g/mol. The summed E-state index contributed by atoms with van der Waals surface area (Å²) in [5.74, 6) is 1.74. The van der Waals surface area contributed by atoms with Crippen molar-refractivity contribution in [2.24, 2.45) is 5.92 Å². The summed E-state index contributed by atoms with van der Waals surface area (Å²) >= 11 is 13.3. The minimum atomic E-state index is 0.401. The molecule has 1 aliphatic heterocycles. The molecule has 2 aromatic heterocycles. The van der Waals surface area contributed by atoms with Gasteiger partial charge in [-0.3, -0.25) is 4.40 Å². The highest BCUT2D eigenvalue weighted by Gasteiger charge is 2.24. The van der Waals surface area contributed by atoms with Gasteiger partial charge in [-0.05, 0) is 55.4 Å². The van der Waals surface area contributed by atoms with Gasteiger partial charge in [0.15, 0.2) is 5.65 Å². The molecule has 1 N–H and O–H groups in total. The number of aromatic nitrogens is 3. The third-order valence-corrected chi connectivity index (χ3v) is 6.30. The molecule has 1 aromatic carbocycles. The van der Waals surface area contributed by atoms with Crippen molar-refractivity contribution >= 4 is 34.5 Å². The number of benzene rings is 1. The van der Waals surface area contributed by atoms with Crippen LogP contribution < -0.4 is 5.32 Å². The lowest BCUT2D eigenvalue weighted by atomic mass is 10.1. The molecule has 1 aliphatic carbocycles. The number of ether oxygens (including phenoxy) is 1. The normalized spacial score (nSPS) is 17.9. The molecule has 1 saturated heterocycles. The first kappa shape index (κ1) is 18.2. The van der Waals surface area contributed by atoms with Crippen LogP contribution in [-0.2, 0) is 11.2 Å². The van der Waals surface area contributed by atoms with Gasteiger partial charge < -0.3 is 10.1 Å². The molecule has 0 unspecified atom stereocenters. The van der Waals surface area contributed by atoms with Crippen molar-refractivity contribution in [1.82, 2.24) is 14.6 Å². The Morgan fingerprint density at radius 3 is 2.64 bits per heavy atom. The van der Waals surface area contributed by atoms with Gasteiger partial charge in [-0.25, -0.2) is 0 Å². The molecule has 0 amide bonds. The second-order valence-corrected chi connectivity index (χ2v) is 8.51. The fraction of sp³-hybridized carbons (Fsp3) is 0.429. The van der Waals surface area contributed by atoms with Crippen molar-refractivity contribution in [2.45, 2.75) is 38.1 Å². The van der Waals surface area contributed by atoms with E-state index >= 15 is 0 Å². The predicted molar refractivity (Wildman–Crippen MR) is 112 cm³/mol. The Hall–Kier alpha value is -1.82. The van der Waals surface area contributed by atoms with Gasteiger partial charge in [0.05, 0.1) is 15.7 Å². The Labute approximate surface area is 174 Å². The maximum Gasteiger partial charge on any atom is 0.180 e. The van der Waals surface area contributed by atoms with E-state index in [1.54, 1.807) is 0 Å². The van der Waals surface area contributed by atoms with Gasteiger partial charge in [-0.15, -0.1) is 10.2 Å². The van der Waals surface area contributed by atoms with E-state index in [0.29, 0.717) is 21.7 Å². The first-order chi connectivity index (χ1) is 13.7. The van der Waals surface area contributed by atoms with Crippen LogP contribution in [0.15, 0.2) is 30.5 Å². The third-order valence-electron chi connectivity index (χ3n) is 5.62. The van der Waals surface area contributed by atoms with Crippen LogP contribution in [0.1, 0.15) is 31.5 Å². The van der Waals surface area contributed by atoms with Crippen molar-refractivity contribution in [3.63, 3.8) is 0 Å². The molecule has 2 fully saturated rings. The lowest BCUT2D eigenvalue weighted by molar-refractivity contribution is 0.0904. The standard InChI is InChI=1S/C21H22Cl2N4O/c22-17-12-14(3-4-18(17)24-15-6-9-28-10-7-15)16-5-8-27-19(11-13-1-2-13)25-26-21(27)20(16)23/h3-5,8,12-13,15,24H,1-2,6-7,9-11H2. The van der Waals surface area contributed by atoms with Crippen molar-refractivity contribution in [3.05, 3.63) is 46.3 Å². The summed E-state index contributed by atoms with van der Waals surface area (Å²) in [6.45, 7) is 1.59. The first-order valence-electron chi connectivity index (χ1n) is 9.85. The second-order valence-electron chi connectivity index (χ2n) is 7.73. The molecular formula is C21H22Cl2N4O. The average Bonchev–Trinajstić information content (AvgIpc) is 3.43. The number of pyridine rings is 1. The quantitative estimate of drug-likeness (QED) is 0.617. The minimum Gasteiger partial charge on any atom is -0.381 e. The Kier molecular flexibility index (Phi) is 4.91. The molecular weight excluding hydrogens is 395 g/mol. The average molecular weight is 417 g/mol. The van der Waals surface area contributed by atoms with E-state index in [2.05, 4.69) is 15.5 Å². The highest BCUT2D eigenvalue weighted by Crippen LogP contribution is 2.36. The zero-order valence-corrected chi connectivity index (χ0v) is 17.0. The predicted octanol–water partition coefficient (Wildman–Crippen LogP) is 5.25. The lowest BCUT2D eigenvalue weighted by Gasteiger charge is -2.24. The van der Waals surface area contributed by atoms with E-state index in [1.165, 1.54) is 12.8 Å². The van der Waals surface area contributed by atoms with Gasteiger partial charge in [0, 0.05) is 37.4 Å². The molecule has 0 atom stereocenters. The van der Waals surface area contributed by atoms with Crippen molar-refractivity contribution in [2.75, 3.05) is 18.5 Å². The summed E-state index contributed by atoms with van der Waals surface area (Å²) in [7, 11) is 0. The van der Waals surface area contributed by atoms with Crippen molar-refractivity contribution in [3.8, 4) is 11.1 Å². The molecule has 0 radical (unpaired) electrons. The van der Waals surface area contributed by atoms with E-state index in [-0.39, 0.29) is 0 Å². The molecule has 0 bridgehead atoms. The molecule has 2 aliphatic rings. The van der Waals surface area contributed by atoms with Crippen LogP contribution in [0.4, 0.5) is 5.69 Å². The second kappa shape index (κ2) is 7.54. The van der Waals surface area contributed by atoms with E-state index in [0.717, 1.165) is 61.0 Å². The molecule has 0 spiro atoms. The van der Waals surface area contributed by atoms with E-state index < -0.39 is 0 Å². The number of hydrogen-bond donors (Lipinski definition) is 1. The van der Waals surface area contributed by atoms with E-state index in [1.807, 2.05) is 34.9 Å². The largest absolute Gasteiger partial charge is 0.381 e. The summed E-state index contributed by atoms with van der Waals surface area (Å²) < 4.78 is 7.43. The van der Waals surface area contributed by atoms with Gasteiger partial charge in [-0.1, -0.05) is 29.3 Å². The molecule has 28 heavy (non-hydrogen) atoms. The van der Waals surface area contributed by atoms with Crippen LogP contribution in [-0.4, -0.2) is 33.9 Å². The van der Waals surface area contributed by atoms with Crippen LogP contribution >= 0.6 is 23.2 Å². The minimum absolute atomic E-state index is 0.401. The molecule has 3 aromatic rings. The number of hydrogen-bond acceptors (Lipinski definition) is 4. The summed E-state index contributed by atoms with van der Waals surface area (Å²) in [5, 5.41) is 13.5. The topological polar surface area (TPSA) is 51.5 Å². The fourth-order valence-electron chi connectivity index (χ4n) is 3.78. The zero-order valence-electron chi connectivity index (χ0n) is 15.5. The van der Waals surface area contributed by atoms with Crippen LogP contribution in [0.3, 0.4) is 0 Å². The van der Waals surface area contributed by atoms with E-state index in [4.69, 9.17) is 27.9 Å². The summed E-state index contributed by atoms with van der Waals surface area (Å²) in [6, 6.07) is 8.45. The van der Waals surface area contributed by atoms with Gasteiger partial charge in [0.2, 0.25) is 0 Å². The number of nitrogens with zero attached hydrogens (tertiary/aromatic N) is 3. The summed E-state index contributed by atoms with van der Waals surface area (Å²) in [4.78, 5) is 0. The molecule has 5 rings (SSSR count). The smallest absolute Gasteiger partial charge is 0.180 e. The Balaban J connectivity index is 1.42. The molecule has 5 nitrogen and oxygen atoms in total. The molecule has 3 heterocycles. The third kappa shape index (κ3) is 3.59. The van der Waals surface area contributed by atoms with Crippen LogP contribution in [0.25, 0.3) is 16.8 Å². The summed E-state index contributed by atoms with van der Waals surface area (Å²) in [5.41, 5.74) is 3.54. The van der Waals surface area contributed by atoms with Crippen molar-refractivity contribution < 1.29 is 4.74 Å². The van der Waals surface area contributed by atoms with Gasteiger partial charge in [-0.2, -0.15) is 0 Å². The molecule has 146 valence electrons. The fourth-order valence-corrected chi connectivity index (χ4v) is 4.31. The van der Waals surface area contributed by atoms with Crippen LogP contribution in [0.2, 0.25) is 10.0 Å². The molecule has 7 heteroatoms. The lowest BCUT2D eigenvalue weighted by Crippen LogP contribution is -2.27. The van der Waals surface area contributed by atoms with Gasteiger partial charge >= 0.3 is 0 Å². The maximum absolute atomic E-state index is 6.69. The Morgan fingerprint density at radius 1 is 1.07 bits per heavy atom. The number of fused-ring (bicyclic) bond motifs is 1. The zero-order chi connectivity index (χ0) is 19.1. The van der Waals surface area contributed by atoms with Gasteiger partial charge in [0.1, 0.15) is 5.82 Å². The first-order valence-corrected chi connectivity index (χ1v) is 10.6. The van der Waals surface area contributed by atoms with E-state index in [9.17, 15) is 0 Å². The van der Waals surface area contributed by atoms with Crippen LogP contribution in [0.5, 0.6) is 0 Å². The van der Waals surface area contributed by atoms with Gasteiger partial charge in [0.25, 0.3) is 0 Å². The highest BCUT2D eigenvalue weighted by molar-refractivity contribution is 6.36. The Bertz CT molecular complexity index is 1010. The number of rotatable bonds is 5. The summed E-state index contributed by atoms with van der Waals surface area (Å²) in [6.07, 6.45) is 7.54. The maximum atomic E-state index is 6.69. The number of nitrogens with one attached hydrogen (secondary N) is 1. The SMILES string of the molecule is Clc1cc(-c2ccn3c(CC4CC4)nnc3c2Cl)ccc1NC1CCOCC1. The number of halogens is 2. The van der Waals surface area contributed by atoms with Crippen molar-refractivity contribution in [1.29, 1.82) is 0 Å². The van der Waals surface area contributed by atoms with Crippen LogP contribution in [0, 0.1) is 5.92 Å². The Morgan fingerprint density at radius 2 is 1.89 bits per heavy atom. The highest BCUT2D eigenvalue weighted by atomic mass is 35.5. The molecule has 1 saturated carbocycles. The number of anilines is 1.